The van der Waals surface area contributed by atoms with Gasteiger partial charge in [0.2, 0.25) is 0 Å². The first-order valence-electron chi connectivity index (χ1n) is 4.52. The van der Waals surface area contributed by atoms with Gasteiger partial charge in [0.25, 0.3) is 0 Å². The van der Waals surface area contributed by atoms with Crippen molar-refractivity contribution in [3.05, 3.63) is 0 Å². The van der Waals surface area contributed by atoms with Crippen LogP contribution in [0.5, 0.6) is 0 Å². The lowest BCUT2D eigenvalue weighted by atomic mass is 9.94. The van der Waals surface area contributed by atoms with Crippen LogP contribution < -0.4 is 5.73 Å². The zero-order chi connectivity index (χ0) is 8.43. The van der Waals surface area contributed by atoms with E-state index >= 15 is 0 Å². The fraction of sp³-hybridized carbons (Fsp3) is 1.00. The second-order valence-electron chi connectivity index (χ2n) is 3.86. The van der Waals surface area contributed by atoms with Crippen molar-refractivity contribution in [1.82, 2.24) is 0 Å². The van der Waals surface area contributed by atoms with Gasteiger partial charge >= 0.3 is 0 Å². The van der Waals surface area contributed by atoms with Crippen molar-refractivity contribution >= 4 is 0 Å². The third-order valence-electron chi connectivity index (χ3n) is 2.52. The van der Waals surface area contributed by atoms with Crippen LogP contribution in [0.25, 0.3) is 0 Å². The summed E-state index contributed by atoms with van der Waals surface area (Å²) in [6.07, 6.45) is 2.92. The summed E-state index contributed by atoms with van der Waals surface area (Å²) >= 11 is 0. The number of hydrogen-bond donors (Lipinski definition) is 1. The van der Waals surface area contributed by atoms with Crippen molar-refractivity contribution in [2.75, 3.05) is 0 Å². The predicted octanol–water partition coefficient (Wildman–Crippen LogP) is 1.54. The monoisotopic (exact) mass is 157 g/mol. The van der Waals surface area contributed by atoms with Gasteiger partial charge in [-0.15, -0.1) is 0 Å². The molecule has 0 spiro atoms. The molecule has 0 aromatic heterocycles. The summed E-state index contributed by atoms with van der Waals surface area (Å²) in [6, 6.07) is 0.255. The van der Waals surface area contributed by atoms with Gasteiger partial charge in [-0.3, -0.25) is 0 Å². The topological polar surface area (TPSA) is 35.2 Å². The lowest BCUT2D eigenvalue weighted by Gasteiger charge is -2.34. The molecule has 66 valence electrons. The largest absolute Gasteiger partial charge is 0.373 e. The average molecular weight is 157 g/mol. The Labute approximate surface area is 69.1 Å². The zero-order valence-electron chi connectivity index (χ0n) is 7.71. The summed E-state index contributed by atoms with van der Waals surface area (Å²) in [7, 11) is 0. The van der Waals surface area contributed by atoms with Crippen LogP contribution in [-0.2, 0) is 4.74 Å². The van der Waals surface area contributed by atoms with Crippen molar-refractivity contribution in [3.8, 4) is 0 Å². The van der Waals surface area contributed by atoms with Crippen LogP contribution in [0.2, 0.25) is 0 Å². The molecule has 0 amide bonds. The van der Waals surface area contributed by atoms with E-state index in [4.69, 9.17) is 10.5 Å². The highest BCUT2D eigenvalue weighted by atomic mass is 16.5. The van der Waals surface area contributed by atoms with E-state index in [1.165, 1.54) is 0 Å². The minimum absolute atomic E-state index is 0.246. The molecule has 1 saturated heterocycles. The quantitative estimate of drug-likeness (QED) is 0.626. The maximum absolute atomic E-state index is 5.82. The molecule has 1 aliphatic rings. The Kier molecular flexibility index (Phi) is 2.90. The second kappa shape index (κ2) is 3.55. The molecule has 0 saturated carbocycles. The molecule has 0 aromatic carbocycles. The van der Waals surface area contributed by atoms with E-state index in [0.29, 0.717) is 12.0 Å². The molecular formula is C9H19NO. The Hall–Kier alpha value is -0.0800. The summed E-state index contributed by atoms with van der Waals surface area (Å²) in [5.74, 6) is 0.630. The summed E-state index contributed by atoms with van der Waals surface area (Å²) < 4.78 is 5.73. The van der Waals surface area contributed by atoms with Gasteiger partial charge in [0.05, 0.1) is 12.2 Å². The Morgan fingerprint density at radius 2 is 2.00 bits per heavy atom. The highest BCUT2D eigenvalue weighted by molar-refractivity contribution is 4.79. The molecule has 3 unspecified atom stereocenters. The van der Waals surface area contributed by atoms with Gasteiger partial charge in [0, 0.05) is 6.04 Å². The summed E-state index contributed by atoms with van der Waals surface area (Å²) in [5, 5.41) is 0. The Bertz CT molecular complexity index is 125. The van der Waals surface area contributed by atoms with Gasteiger partial charge in [-0.1, -0.05) is 13.8 Å². The molecule has 0 aromatic rings. The molecule has 0 radical (unpaired) electrons. The molecule has 2 heteroatoms. The SMILES string of the molecule is CC(C)C1CCC(N)C(C)O1. The first kappa shape index (κ1) is 9.01. The Morgan fingerprint density at radius 1 is 1.36 bits per heavy atom. The molecule has 1 heterocycles. The fourth-order valence-corrected chi connectivity index (χ4v) is 1.53. The van der Waals surface area contributed by atoms with Gasteiger partial charge in [-0.05, 0) is 25.7 Å². The smallest absolute Gasteiger partial charge is 0.0701 e. The molecule has 1 fully saturated rings. The summed E-state index contributed by atoms with van der Waals surface area (Å²) in [4.78, 5) is 0. The molecule has 2 nitrogen and oxygen atoms in total. The van der Waals surface area contributed by atoms with Crippen molar-refractivity contribution in [2.45, 2.75) is 51.9 Å². The lowest BCUT2D eigenvalue weighted by Crippen LogP contribution is -2.43. The molecule has 1 aliphatic heterocycles. The molecule has 0 bridgehead atoms. The molecule has 3 atom stereocenters. The van der Waals surface area contributed by atoms with Crippen LogP contribution in [0.15, 0.2) is 0 Å². The molecule has 1 rings (SSSR count). The van der Waals surface area contributed by atoms with E-state index in [0.717, 1.165) is 12.8 Å². The predicted molar refractivity (Wildman–Crippen MR) is 46.4 cm³/mol. The van der Waals surface area contributed by atoms with E-state index in [1.807, 2.05) is 0 Å². The Balaban J connectivity index is 2.40. The molecular weight excluding hydrogens is 138 g/mol. The molecule has 2 N–H and O–H groups in total. The maximum Gasteiger partial charge on any atom is 0.0701 e. The Morgan fingerprint density at radius 3 is 2.45 bits per heavy atom. The number of ether oxygens (including phenoxy) is 1. The van der Waals surface area contributed by atoms with Crippen LogP contribution >= 0.6 is 0 Å². The minimum atomic E-state index is 0.246. The van der Waals surface area contributed by atoms with Gasteiger partial charge in [-0.2, -0.15) is 0 Å². The number of nitrogens with two attached hydrogens (primary N) is 1. The van der Waals surface area contributed by atoms with Crippen LogP contribution in [0.3, 0.4) is 0 Å². The normalized spacial score (nSPS) is 39.5. The highest BCUT2D eigenvalue weighted by Crippen LogP contribution is 2.22. The van der Waals surface area contributed by atoms with Gasteiger partial charge in [0.15, 0.2) is 0 Å². The first-order chi connectivity index (χ1) is 5.11. The van der Waals surface area contributed by atoms with Crippen LogP contribution in [-0.4, -0.2) is 18.2 Å². The minimum Gasteiger partial charge on any atom is -0.373 e. The van der Waals surface area contributed by atoms with Crippen LogP contribution in [0, 0.1) is 5.92 Å². The molecule has 11 heavy (non-hydrogen) atoms. The van der Waals surface area contributed by atoms with Gasteiger partial charge in [-0.25, -0.2) is 0 Å². The maximum atomic E-state index is 5.82. The average Bonchev–Trinajstić information content (AvgIpc) is 1.94. The zero-order valence-corrected chi connectivity index (χ0v) is 7.71. The van der Waals surface area contributed by atoms with E-state index < -0.39 is 0 Å². The van der Waals surface area contributed by atoms with Crippen molar-refractivity contribution in [2.24, 2.45) is 11.7 Å². The summed E-state index contributed by atoms with van der Waals surface area (Å²) in [6.45, 7) is 6.47. The van der Waals surface area contributed by atoms with E-state index in [2.05, 4.69) is 20.8 Å². The first-order valence-corrected chi connectivity index (χ1v) is 4.52. The number of rotatable bonds is 1. The third-order valence-corrected chi connectivity index (χ3v) is 2.52. The lowest BCUT2D eigenvalue weighted by molar-refractivity contribution is -0.0715. The second-order valence-corrected chi connectivity index (χ2v) is 3.86. The van der Waals surface area contributed by atoms with Gasteiger partial charge in [0.1, 0.15) is 0 Å². The molecule has 0 aliphatic carbocycles. The highest BCUT2D eigenvalue weighted by Gasteiger charge is 2.26. The van der Waals surface area contributed by atoms with Crippen LogP contribution in [0.4, 0.5) is 0 Å². The van der Waals surface area contributed by atoms with E-state index in [-0.39, 0.29) is 12.1 Å². The van der Waals surface area contributed by atoms with E-state index in [9.17, 15) is 0 Å². The van der Waals surface area contributed by atoms with Crippen molar-refractivity contribution in [1.29, 1.82) is 0 Å². The van der Waals surface area contributed by atoms with Crippen molar-refractivity contribution in [3.63, 3.8) is 0 Å². The number of hydrogen-bond acceptors (Lipinski definition) is 2. The van der Waals surface area contributed by atoms with Gasteiger partial charge < -0.3 is 10.5 Å². The standard InChI is InChI=1S/C9H19NO/c1-6(2)9-5-4-8(10)7(3)11-9/h6-9H,4-5,10H2,1-3H3. The van der Waals surface area contributed by atoms with Crippen molar-refractivity contribution < 1.29 is 4.74 Å². The van der Waals surface area contributed by atoms with Crippen LogP contribution in [0.1, 0.15) is 33.6 Å². The summed E-state index contributed by atoms with van der Waals surface area (Å²) in [5.41, 5.74) is 5.82. The van der Waals surface area contributed by atoms with E-state index in [1.54, 1.807) is 0 Å². The fourth-order valence-electron chi connectivity index (χ4n) is 1.53. The third kappa shape index (κ3) is 2.17.